The summed E-state index contributed by atoms with van der Waals surface area (Å²) in [7, 11) is 0. The lowest BCUT2D eigenvalue weighted by Gasteiger charge is -2.36. The molecule has 418 valence electrons. The van der Waals surface area contributed by atoms with Gasteiger partial charge in [-0.2, -0.15) is 4.98 Å². The van der Waals surface area contributed by atoms with E-state index in [9.17, 15) is 29.7 Å². The molecule has 4 aromatic heterocycles. The minimum atomic E-state index is -1.19. The number of phenols is 1. The smallest absolute Gasteiger partial charge is 0.296 e. The summed E-state index contributed by atoms with van der Waals surface area (Å²) in [4.78, 5) is 70.2. The lowest BCUT2D eigenvalue weighted by Crippen LogP contribution is -2.49. The summed E-state index contributed by atoms with van der Waals surface area (Å²) in [6, 6.07) is 14.6. The molecule has 3 atom stereocenters. The molecule has 2 fully saturated rings. The maximum atomic E-state index is 15.4. The molecule has 8 rings (SSSR count). The number of hydrogen-bond acceptors (Lipinski definition) is 17. The van der Waals surface area contributed by atoms with Crippen LogP contribution < -0.4 is 26.6 Å². The average molecular weight is 1100 g/mol. The fraction of sp³-hybridized carbons (Fsp3) is 0.429. The predicted octanol–water partition coefficient (Wildman–Crippen LogP) is 6.06. The second-order valence-electron chi connectivity index (χ2n) is 20.6. The normalized spacial score (nSPS) is 16.9. The van der Waals surface area contributed by atoms with Gasteiger partial charge < -0.3 is 40.5 Å². The van der Waals surface area contributed by atoms with Crippen molar-refractivity contribution in [3.8, 4) is 22.0 Å². The van der Waals surface area contributed by atoms with Crippen molar-refractivity contribution in [1.29, 1.82) is 0 Å². The number of unbranched alkanes of at least 4 members (excludes halogenated alkanes) is 3. The van der Waals surface area contributed by atoms with Gasteiger partial charge in [-0.05, 0) is 89.5 Å². The molecule has 1 unspecified atom stereocenters. The number of aryl methyl sites for hydroxylation is 1. The van der Waals surface area contributed by atoms with E-state index in [4.69, 9.17) is 15.3 Å². The van der Waals surface area contributed by atoms with Gasteiger partial charge in [-0.25, -0.2) is 33.7 Å². The van der Waals surface area contributed by atoms with E-state index in [1.807, 2.05) is 12.1 Å². The van der Waals surface area contributed by atoms with Crippen molar-refractivity contribution in [2.45, 2.75) is 104 Å². The number of phenolic OH excluding ortho intramolecular Hbond substituents is 1. The predicted molar refractivity (Wildman–Crippen MR) is 300 cm³/mol. The summed E-state index contributed by atoms with van der Waals surface area (Å²) in [5.41, 5.74) is 9.61. The fourth-order valence-corrected chi connectivity index (χ4v) is 10.6. The maximum absolute atomic E-state index is 15.4. The number of ether oxygens (including phenoxy) is 1. The van der Waals surface area contributed by atoms with Crippen molar-refractivity contribution < 1.29 is 39.6 Å². The molecule has 21 nitrogen and oxygen atoms in total. The van der Waals surface area contributed by atoms with Gasteiger partial charge in [0.2, 0.25) is 11.9 Å². The standard InChI is InChI=1S/C56H69FN14O7S/c1-8-22-70-53(75)42-30-60-55(65-51(42)71(70)45-15-13-14-44(64-45)56(6,7)77)63-37-16-18-38(19-17-37)68-26-24-67(25-27-68)23-11-9-10-12-28-78-46(66-58)31-59-48(34(2)3)54(76)69-32-39(72)29-43(69)52(74)62-35(4)40-20-21-41(47(57)49(40)73)50-36(5)61-33-79-50/h8,13-21,30-31,33-35,39,43,58,72-73,77H,1,9-12,22-29,32H2,2-7H3,(H,62,74)(H,60,63,65)/p+1/b46-31+,59-48?,66-58?/t35-,39?,43-/m0/s1. The first kappa shape index (κ1) is 57.4. The second-order valence-corrected chi connectivity index (χ2v) is 21.5. The number of aromatic hydroxyl groups is 1. The number of fused-ring (bicyclic) bond motifs is 1. The zero-order chi connectivity index (χ0) is 56.5. The van der Waals surface area contributed by atoms with Crippen LogP contribution in [0.15, 0.2) is 106 Å². The molecule has 2 saturated heterocycles. The zero-order valence-corrected chi connectivity index (χ0v) is 46.3. The number of hydrogen-bond donors (Lipinski definition) is 6. The van der Waals surface area contributed by atoms with Gasteiger partial charge in [0.25, 0.3) is 17.3 Å². The van der Waals surface area contributed by atoms with Gasteiger partial charge in [0.05, 0.1) is 53.3 Å². The van der Waals surface area contributed by atoms with Crippen LogP contribution in [-0.4, -0.2) is 130 Å². The molecular weight excluding hydrogens is 1030 g/mol. The van der Waals surface area contributed by atoms with Crippen LogP contribution in [-0.2, 0) is 26.5 Å². The molecular formula is C56H70FN14O7S+. The topological polar surface area (TPSA) is 267 Å². The average Bonchev–Trinajstić information content (AvgIpc) is 4.29. The molecule has 79 heavy (non-hydrogen) atoms. The first-order chi connectivity index (χ1) is 37.9. The number of anilines is 3. The number of piperazine rings is 1. The SMILES string of the molecule is C=CCn1c(=O)c2cnc(Nc3ccc(N4CCN(CCCCCCO/C(=C/N=C(C(=O)N5CC(O)C[C@H]5C(=O)N[C@@H](C)c5ccc(-c6scnc6C)c(F)c5O)C(C)C)N=[NH2+])CC4)cc3)nc2n1-c1cccc(C(C)(C)O)n1. The summed E-state index contributed by atoms with van der Waals surface area (Å²) >= 11 is 1.25. The van der Waals surface area contributed by atoms with Gasteiger partial charge in [-0.1, -0.05) is 44.9 Å². The van der Waals surface area contributed by atoms with Crippen molar-refractivity contribution in [3.63, 3.8) is 0 Å². The summed E-state index contributed by atoms with van der Waals surface area (Å²) in [6.07, 6.45) is 7.17. The van der Waals surface area contributed by atoms with Gasteiger partial charge in [0.15, 0.2) is 23.0 Å². The van der Waals surface area contributed by atoms with Crippen molar-refractivity contribution in [2.24, 2.45) is 16.0 Å². The third-order valence-corrected chi connectivity index (χ3v) is 15.0. The third kappa shape index (κ3) is 13.4. The zero-order valence-electron chi connectivity index (χ0n) is 45.5. The highest BCUT2D eigenvalue weighted by Crippen LogP contribution is 2.37. The lowest BCUT2D eigenvalue weighted by atomic mass is 10.0. The Hall–Kier alpha value is -7.73. The Morgan fingerprint density at radius 3 is 2.46 bits per heavy atom. The number of carbonyl (C=O) groups excluding carboxylic acids is 2. The Balaban J connectivity index is 0.766. The monoisotopic (exact) mass is 1100 g/mol. The van der Waals surface area contributed by atoms with Crippen LogP contribution in [0.1, 0.15) is 89.7 Å². The minimum Gasteiger partial charge on any atom is -0.505 e. The molecule has 0 radical (unpaired) electrons. The van der Waals surface area contributed by atoms with E-state index in [2.05, 4.69) is 64.2 Å². The molecule has 0 bridgehead atoms. The number of aliphatic imine (C=N–C) groups is 1. The quantitative estimate of drug-likeness (QED) is 0.0140. The maximum Gasteiger partial charge on any atom is 0.296 e. The Morgan fingerprint density at radius 1 is 1.03 bits per heavy atom. The van der Waals surface area contributed by atoms with Gasteiger partial charge >= 0.3 is 0 Å². The molecule has 0 saturated carbocycles. The summed E-state index contributed by atoms with van der Waals surface area (Å²) in [6.45, 7) is 19.2. The number of rotatable bonds is 23. The highest BCUT2D eigenvalue weighted by molar-refractivity contribution is 7.13. The number of halogens is 1. The van der Waals surface area contributed by atoms with E-state index in [1.165, 1.54) is 39.4 Å². The molecule has 2 aliphatic rings. The second kappa shape index (κ2) is 25.4. The number of carbonyl (C=O) groups is 2. The number of pyridine rings is 1. The van der Waals surface area contributed by atoms with Crippen LogP contribution in [0.5, 0.6) is 5.75 Å². The number of nitrogens with zero attached hydrogens (tertiary/aromatic N) is 11. The molecule has 7 N–H and O–H groups in total. The molecule has 23 heteroatoms. The number of aliphatic hydroxyl groups excluding tert-OH is 1. The van der Waals surface area contributed by atoms with E-state index >= 15 is 4.39 Å². The molecule has 2 amide bonds. The first-order valence-corrected chi connectivity index (χ1v) is 27.4. The number of likely N-dealkylation sites (tertiary alicyclic amines) is 1. The van der Waals surface area contributed by atoms with Crippen molar-refractivity contribution >= 4 is 57.2 Å². The van der Waals surface area contributed by atoms with Gasteiger partial charge in [0, 0.05) is 78.9 Å². The number of aliphatic hydroxyl groups is 2. The van der Waals surface area contributed by atoms with E-state index in [0.717, 1.165) is 69.8 Å². The Morgan fingerprint density at radius 2 is 1.77 bits per heavy atom. The first-order valence-electron chi connectivity index (χ1n) is 26.5. The van der Waals surface area contributed by atoms with E-state index in [0.29, 0.717) is 45.7 Å². The highest BCUT2D eigenvalue weighted by Gasteiger charge is 2.41. The number of nitrogens with one attached hydrogen (secondary N) is 2. The Labute approximate surface area is 461 Å². The number of β-amino-alcohol motifs (C(OH)–C–C–N with tert-alkyl or cyclic N) is 1. The lowest BCUT2D eigenvalue weighted by molar-refractivity contribution is -0.222. The molecule has 0 aliphatic carbocycles. The van der Waals surface area contributed by atoms with Crippen LogP contribution in [0.4, 0.5) is 21.7 Å². The molecule has 6 aromatic rings. The van der Waals surface area contributed by atoms with Crippen LogP contribution in [0.3, 0.4) is 0 Å². The van der Waals surface area contributed by atoms with Gasteiger partial charge in [0.1, 0.15) is 22.7 Å². The number of nitrogens with two attached hydrogens (primary N) is 1. The molecule has 0 spiro atoms. The number of allylic oxidation sites excluding steroid dienone is 1. The van der Waals surface area contributed by atoms with Crippen LogP contribution in [0, 0.1) is 18.7 Å². The largest absolute Gasteiger partial charge is 0.505 e. The number of benzene rings is 2. The molecule has 2 aliphatic heterocycles. The van der Waals surface area contributed by atoms with Crippen molar-refractivity contribution in [2.75, 3.05) is 56.1 Å². The number of aromatic nitrogens is 6. The Kier molecular flexibility index (Phi) is 18.5. The van der Waals surface area contributed by atoms with Gasteiger partial charge in [-0.3, -0.25) is 19.3 Å². The highest BCUT2D eigenvalue weighted by atomic mass is 32.1. The van der Waals surface area contributed by atoms with Crippen LogP contribution in [0.25, 0.3) is 27.3 Å². The summed E-state index contributed by atoms with van der Waals surface area (Å²) in [5, 5.41) is 42.2. The van der Waals surface area contributed by atoms with Gasteiger partial charge in [-0.15, -0.1) is 23.4 Å². The number of amides is 2. The van der Waals surface area contributed by atoms with E-state index in [-0.39, 0.29) is 53.7 Å². The minimum absolute atomic E-state index is 0.0181. The van der Waals surface area contributed by atoms with Crippen molar-refractivity contribution in [1.82, 2.24) is 44.4 Å². The fourth-order valence-electron chi connectivity index (χ4n) is 9.74. The molecule has 6 heterocycles. The Bertz CT molecular complexity index is 3290. The summed E-state index contributed by atoms with van der Waals surface area (Å²) in [5.74, 6) is -2.13. The van der Waals surface area contributed by atoms with E-state index in [1.54, 1.807) is 82.1 Å². The van der Waals surface area contributed by atoms with Crippen LogP contribution >= 0.6 is 11.3 Å². The summed E-state index contributed by atoms with van der Waals surface area (Å²) < 4.78 is 24.3. The van der Waals surface area contributed by atoms with E-state index < -0.39 is 47.2 Å². The van der Waals surface area contributed by atoms with Crippen molar-refractivity contribution in [3.05, 3.63) is 124 Å². The van der Waals surface area contributed by atoms with Crippen LogP contribution in [0.2, 0.25) is 0 Å². The molecule has 2 aromatic carbocycles. The third-order valence-electron chi connectivity index (χ3n) is 14.0. The number of thiazole rings is 1.